The van der Waals surface area contributed by atoms with Crippen LogP contribution in [0.4, 0.5) is 4.79 Å². The summed E-state index contributed by atoms with van der Waals surface area (Å²) in [5.74, 6) is -2.65. The first kappa shape index (κ1) is 49.9. The Hall–Kier alpha value is -2.96. The van der Waals surface area contributed by atoms with Crippen molar-refractivity contribution in [3.63, 3.8) is 0 Å². The van der Waals surface area contributed by atoms with Crippen LogP contribution in [0.1, 0.15) is 93.9 Å². The van der Waals surface area contributed by atoms with Crippen LogP contribution in [-0.2, 0) is 52.3 Å². The molecular formula is C50H75NO14. The van der Waals surface area contributed by atoms with Crippen LogP contribution >= 0.6 is 0 Å². The molecule has 3 unspecified atom stereocenters. The molecule has 0 aromatic heterocycles. The summed E-state index contributed by atoms with van der Waals surface area (Å²) in [5, 5.41) is 23.9. The fourth-order valence-electron chi connectivity index (χ4n) is 11.8. The number of ether oxygens (including phenoxy) is 9. The van der Waals surface area contributed by atoms with Crippen molar-refractivity contribution in [2.45, 2.75) is 179 Å². The molecule has 0 aromatic rings. The second-order valence-corrected chi connectivity index (χ2v) is 19.8. The molecular weight excluding hydrogens is 839 g/mol. The zero-order valence-electron chi connectivity index (χ0n) is 40.2. The number of methoxy groups -OCH3 is 3. The highest BCUT2D eigenvalue weighted by molar-refractivity contribution is 5.78. The molecule has 0 radical (unpaired) electrons. The number of fused-ring (bicyclic) bond motifs is 2. The lowest BCUT2D eigenvalue weighted by molar-refractivity contribution is -0.300. The molecule has 1 spiro atoms. The van der Waals surface area contributed by atoms with E-state index in [1.807, 2.05) is 25.2 Å². The van der Waals surface area contributed by atoms with Gasteiger partial charge >= 0.3 is 12.1 Å². The van der Waals surface area contributed by atoms with Gasteiger partial charge in [-0.2, -0.15) is 5.48 Å². The van der Waals surface area contributed by atoms with Gasteiger partial charge in [-0.15, -0.1) is 0 Å². The molecule has 0 saturated carbocycles. The van der Waals surface area contributed by atoms with Gasteiger partial charge in [0.1, 0.15) is 35.9 Å². The van der Waals surface area contributed by atoms with Crippen LogP contribution < -0.4 is 5.48 Å². The average Bonchev–Trinajstić information content (AvgIpc) is 3.62. The van der Waals surface area contributed by atoms with E-state index in [0.717, 1.165) is 12.0 Å². The fraction of sp³-hybridized carbons (Fsp3) is 0.760. The standard InChI is InChI=1S/C50H75NO14/c1-12-26(2)44-29(5)18-19-49(64-44)24-35-21-34(63-49)17-16-28(4)41(27(3)14-13-15-33-25-59-46-43(52)30(6)20-36(47(53)62-35)50(33,46)55)38-22-37(56-9)42(31(7)60-38)39-23-40(57-10)45(32(8)61-39)65-51-48(54)58-11/h13-16,18-20,26-27,29,31-32,34-46,52,55H,12,17,21-25H2,1-11H3,(H,51,54)/b14-13+,28-16+,33-15+/t26?,27-,29-,31-,32-,34+,35-,36-,37-,38+,39?,40-,41?,42-,43+,44+,45-,46+,49+,50+/m0/s1. The highest BCUT2D eigenvalue weighted by Gasteiger charge is 2.60. The minimum absolute atomic E-state index is 0.0427. The van der Waals surface area contributed by atoms with Crippen molar-refractivity contribution >= 4 is 12.1 Å². The largest absolute Gasteiger partial charge is 0.462 e. The van der Waals surface area contributed by atoms with E-state index in [1.165, 1.54) is 7.11 Å². The third-order valence-corrected chi connectivity index (χ3v) is 15.6. The lowest BCUT2D eigenvalue weighted by Gasteiger charge is -2.49. The topological polar surface area (TPSA) is 179 Å². The Kier molecular flexibility index (Phi) is 15.9. The van der Waals surface area contributed by atoms with Gasteiger partial charge in [0.25, 0.3) is 0 Å². The number of rotatable bonds is 8. The van der Waals surface area contributed by atoms with E-state index < -0.39 is 59.9 Å². The van der Waals surface area contributed by atoms with E-state index >= 15 is 0 Å². The van der Waals surface area contributed by atoms with Crippen LogP contribution in [0.25, 0.3) is 0 Å². The van der Waals surface area contributed by atoms with Gasteiger partial charge in [0.2, 0.25) is 0 Å². The van der Waals surface area contributed by atoms with Crippen molar-refractivity contribution in [2.24, 2.45) is 35.5 Å². The van der Waals surface area contributed by atoms with Gasteiger partial charge in [-0.3, -0.25) is 9.63 Å². The number of hydrogen-bond acceptors (Lipinski definition) is 14. The first-order chi connectivity index (χ1) is 31.0. The predicted octanol–water partition coefficient (Wildman–Crippen LogP) is 6.22. The Balaban J connectivity index is 1.21. The molecule has 65 heavy (non-hydrogen) atoms. The number of aliphatic hydroxyl groups excluding tert-OH is 1. The highest BCUT2D eigenvalue weighted by atomic mass is 16.7. The van der Waals surface area contributed by atoms with Gasteiger partial charge < -0.3 is 52.8 Å². The molecule has 7 aliphatic rings. The summed E-state index contributed by atoms with van der Waals surface area (Å²) in [5.41, 5.74) is 2.65. The van der Waals surface area contributed by atoms with Gasteiger partial charge in [0.15, 0.2) is 5.79 Å². The Morgan fingerprint density at radius 2 is 1.66 bits per heavy atom. The molecule has 3 N–H and O–H groups in total. The van der Waals surface area contributed by atoms with Crippen molar-refractivity contribution < 1.29 is 67.3 Å². The summed E-state index contributed by atoms with van der Waals surface area (Å²) < 4.78 is 57.0. The van der Waals surface area contributed by atoms with Crippen molar-refractivity contribution in [1.29, 1.82) is 0 Å². The van der Waals surface area contributed by atoms with E-state index in [4.69, 9.17) is 42.7 Å². The van der Waals surface area contributed by atoms with Crippen LogP contribution in [0.5, 0.6) is 0 Å². The number of hydroxylamine groups is 1. The number of nitrogens with one attached hydrogen (secondary N) is 1. The summed E-state index contributed by atoms with van der Waals surface area (Å²) in [6, 6.07) is 0. The Morgan fingerprint density at radius 3 is 2.37 bits per heavy atom. The number of carbonyl (C=O) groups is 2. The molecule has 15 heteroatoms. The van der Waals surface area contributed by atoms with Crippen molar-refractivity contribution in [1.82, 2.24) is 5.48 Å². The first-order valence-electron chi connectivity index (χ1n) is 23.8. The SMILES string of the molecule is CCC(C)[C@H]1O[C@]2(C=C[C@@H]1C)C[C@@H]1C[C@@H](C/C=C(\C)C([C@H]3C[C@H](OC)[C@@H](C4C[C@H](OC)[C@@H](ONC(=O)OC)[C@H](C)O4)[C@H](C)O3)[C@@H](C)/C=C/C=C3\CO[C@@H]4[C@H](O)C(C)=C[C@@H](C(=O)O1)[C@]34O)O2. The van der Waals surface area contributed by atoms with Gasteiger partial charge in [-0.25, -0.2) is 4.79 Å². The maximum absolute atomic E-state index is 14.4. The maximum Gasteiger partial charge on any atom is 0.431 e. The van der Waals surface area contributed by atoms with E-state index in [9.17, 15) is 19.8 Å². The minimum Gasteiger partial charge on any atom is -0.462 e. The molecule has 6 heterocycles. The summed E-state index contributed by atoms with van der Waals surface area (Å²) in [4.78, 5) is 31.9. The molecule has 20 atom stereocenters. The van der Waals surface area contributed by atoms with Crippen LogP contribution in [0.3, 0.4) is 0 Å². The van der Waals surface area contributed by atoms with E-state index in [1.54, 1.807) is 27.2 Å². The molecule has 6 aliphatic heterocycles. The number of carbonyl (C=O) groups excluding carboxylic acids is 2. The number of hydrogen-bond donors (Lipinski definition) is 3. The Bertz CT molecular complexity index is 1850. The molecule has 4 fully saturated rings. The third kappa shape index (κ3) is 10.1. The fourth-order valence-corrected chi connectivity index (χ4v) is 11.8. The smallest absolute Gasteiger partial charge is 0.431 e. The number of amides is 1. The summed E-state index contributed by atoms with van der Waals surface area (Å²) in [6.45, 7) is 16.6. The second kappa shape index (κ2) is 20.7. The van der Waals surface area contributed by atoms with Crippen molar-refractivity contribution in [3.05, 3.63) is 59.3 Å². The first-order valence-corrected chi connectivity index (χ1v) is 23.8. The number of esters is 1. The van der Waals surface area contributed by atoms with Crippen molar-refractivity contribution in [3.8, 4) is 0 Å². The minimum atomic E-state index is -1.83. The number of aliphatic hydroxyl groups is 2. The lowest BCUT2D eigenvalue weighted by Crippen LogP contribution is -2.58. The number of allylic oxidation sites excluding steroid dienone is 3. The lowest BCUT2D eigenvalue weighted by atomic mass is 9.71. The highest BCUT2D eigenvalue weighted by Crippen LogP contribution is 2.48. The van der Waals surface area contributed by atoms with Crippen LogP contribution in [0.2, 0.25) is 0 Å². The van der Waals surface area contributed by atoms with Gasteiger partial charge in [0.05, 0.1) is 62.5 Å². The molecule has 364 valence electrons. The average molecular weight is 914 g/mol. The maximum atomic E-state index is 14.4. The Morgan fingerprint density at radius 1 is 0.938 bits per heavy atom. The van der Waals surface area contributed by atoms with E-state index in [0.29, 0.717) is 43.3 Å². The van der Waals surface area contributed by atoms with Gasteiger partial charge in [0, 0.05) is 57.7 Å². The Labute approximate surface area is 385 Å². The van der Waals surface area contributed by atoms with Crippen LogP contribution in [-0.4, -0.2) is 135 Å². The predicted molar refractivity (Wildman–Crippen MR) is 239 cm³/mol. The molecule has 0 aromatic carbocycles. The van der Waals surface area contributed by atoms with Gasteiger partial charge in [-0.1, -0.05) is 76.1 Å². The quantitative estimate of drug-likeness (QED) is 0.142. The molecule has 7 rings (SSSR count). The molecule has 1 aliphatic carbocycles. The zero-order chi connectivity index (χ0) is 47.0. The summed E-state index contributed by atoms with van der Waals surface area (Å²) >= 11 is 0. The van der Waals surface area contributed by atoms with E-state index in [2.05, 4.69) is 70.0 Å². The monoisotopic (exact) mass is 914 g/mol. The zero-order valence-corrected chi connectivity index (χ0v) is 40.2. The summed E-state index contributed by atoms with van der Waals surface area (Å²) in [7, 11) is 4.62. The molecule has 15 nitrogen and oxygen atoms in total. The molecule has 4 saturated heterocycles. The normalized spacial score (nSPS) is 47.2. The van der Waals surface area contributed by atoms with E-state index in [-0.39, 0.29) is 78.9 Å². The van der Waals surface area contributed by atoms with Gasteiger partial charge in [-0.05, 0) is 63.2 Å². The van der Waals surface area contributed by atoms with Crippen molar-refractivity contribution in [2.75, 3.05) is 27.9 Å². The van der Waals surface area contributed by atoms with Crippen LogP contribution in [0.15, 0.2) is 59.3 Å². The molecule has 1 amide bonds. The molecule has 2 bridgehead atoms. The van der Waals surface area contributed by atoms with Crippen LogP contribution in [0, 0.1) is 35.5 Å². The summed E-state index contributed by atoms with van der Waals surface area (Å²) in [6.07, 6.45) is 10.9. The third-order valence-electron chi connectivity index (χ3n) is 15.6. The second-order valence-electron chi connectivity index (χ2n) is 19.8.